The molecule has 1 heterocycles. The molecule has 3 unspecified atom stereocenters. The summed E-state index contributed by atoms with van der Waals surface area (Å²) < 4.78 is 0. The topological polar surface area (TPSA) is 18.5 Å². The predicted octanol–water partition coefficient (Wildman–Crippen LogP) is 2.20. The van der Waals surface area contributed by atoms with E-state index < -0.39 is 0 Å². The number of piperazine rings is 1. The molecule has 0 spiro atoms. The van der Waals surface area contributed by atoms with Gasteiger partial charge in [-0.05, 0) is 37.6 Å². The SMILES string of the molecule is CC1CCC(C(C)C)C(NN2CCN(C)CC2)C1. The van der Waals surface area contributed by atoms with Gasteiger partial charge in [-0.3, -0.25) is 5.43 Å². The van der Waals surface area contributed by atoms with E-state index in [9.17, 15) is 0 Å². The minimum absolute atomic E-state index is 0.706. The van der Waals surface area contributed by atoms with Gasteiger partial charge in [0.25, 0.3) is 0 Å². The molecule has 2 fully saturated rings. The van der Waals surface area contributed by atoms with Crippen LogP contribution < -0.4 is 5.43 Å². The first-order chi connectivity index (χ1) is 8.56. The molecule has 1 aliphatic heterocycles. The van der Waals surface area contributed by atoms with Crippen LogP contribution in [0.1, 0.15) is 40.0 Å². The average Bonchev–Trinajstić information content (AvgIpc) is 2.32. The highest BCUT2D eigenvalue weighted by Crippen LogP contribution is 2.33. The smallest absolute Gasteiger partial charge is 0.0259 e. The third-order valence-electron chi connectivity index (χ3n) is 4.87. The molecule has 3 atom stereocenters. The zero-order valence-corrected chi connectivity index (χ0v) is 12.7. The molecule has 0 aromatic rings. The van der Waals surface area contributed by atoms with Crippen molar-refractivity contribution in [3.05, 3.63) is 0 Å². The van der Waals surface area contributed by atoms with E-state index in [1.807, 2.05) is 0 Å². The van der Waals surface area contributed by atoms with Crippen LogP contribution in [0.4, 0.5) is 0 Å². The fourth-order valence-corrected chi connectivity index (χ4v) is 3.52. The van der Waals surface area contributed by atoms with Crippen LogP contribution in [-0.4, -0.2) is 49.2 Å². The lowest BCUT2D eigenvalue weighted by Crippen LogP contribution is -2.56. The molecular formula is C15H31N3. The predicted molar refractivity (Wildman–Crippen MR) is 77.3 cm³/mol. The van der Waals surface area contributed by atoms with E-state index >= 15 is 0 Å². The molecule has 0 aromatic heterocycles. The van der Waals surface area contributed by atoms with Gasteiger partial charge >= 0.3 is 0 Å². The van der Waals surface area contributed by atoms with Gasteiger partial charge in [0, 0.05) is 32.2 Å². The Bertz CT molecular complexity index is 246. The van der Waals surface area contributed by atoms with Gasteiger partial charge in [-0.25, -0.2) is 5.01 Å². The lowest BCUT2D eigenvalue weighted by molar-refractivity contribution is 0.0430. The summed E-state index contributed by atoms with van der Waals surface area (Å²) in [4.78, 5) is 2.42. The van der Waals surface area contributed by atoms with Gasteiger partial charge in [-0.1, -0.05) is 27.2 Å². The van der Waals surface area contributed by atoms with E-state index in [2.05, 4.69) is 43.2 Å². The van der Waals surface area contributed by atoms with Gasteiger partial charge in [-0.15, -0.1) is 0 Å². The fourth-order valence-electron chi connectivity index (χ4n) is 3.52. The van der Waals surface area contributed by atoms with Crippen molar-refractivity contribution in [1.29, 1.82) is 0 Å². The quantitative estimate of drug-likeness (QED) is 0.832. The van der Waals surface area contributed by atoms with E-state index in [4.69, 9.17) is 0 Å². The highest BCUT2D eigenvalue weighted by molar-refractivity contribution is 4.85. The van der Waals surface area contributed by atoms with Crippen LogP contribution >= 0.6 is 0 Å². The Morgan fingerprint density at radius 3 is 2.33 bits per heavy atom. The molecule has 1 saturated heterocycles. The maximum Gasteiger partial charge on any atom is 0.0259 e. The van der Waals surface area contributed by atoms with E-state index in [-0.39, 0.29) is 0 Å². The molecule has 0 aromatic carbocycles. The summed E-state index contributed by atoms with van der Waals surface area (Å²) in [5.74, 6) is 2.56. The molecule has 18 heavy (non-hydrogen) atoms. The molecule has 2 rings (SSSR count). The second-order valence-electron chi connectivity index (χ2n) is 6.85. The first kappa shape index (κ1) is 14.3. The second kappa shape index (κ2) is 6.36. The zero-order valence-electron chi connectivity index (χ0n) is 12.7. The molecule has 106 valence electrons. The number of rotatable bonds is 3. The monoisotopic (exact) mass is 253 g/mol. The van der Waals surface area contributed by atoms with E-state index in [0.29, 0.717) is 6.04 Å². The van der Waals surface area contributed by atoms with Crippen molar-refractivity contribution >= 4 is 0 Å². The van der Waals surface area contributed by atoms with Crippen molar-refractivity contribution in [1.82, 2.24) is 15.3 Å². The van der Waals surface area contributed by atoms with E-state index in [1.165, 1.54) is 45.4 Å². The summed E-state index contributed by atoms with van der Waals surface area (Å²) in [7, 11) is 2.22. The lowest BCUT2D eigenvalue weighted by atomic mass is 9.74. The molecule has 2 aliphatic rings. The molecule has 0 bridgehead atoms. The molecule has 3 nitrogen and oxygen atoms in total. The highest BCUT2D eigenvalue weighted by Gasteiger charge is 2.32. The van der Waals surface area contributed by atoms with Crippen LogP contribution in [0.2, 0.25) is 0 Å². The Morgan fingerprint density at radius 1 is 1.06 bits per heavy atom. The van der Waals surface area contributed by atoms with Crippen molar-refractivity contribution in [2.75, 3.05) is 33.2 Å². The average molecular weight is 253 g/mol. The van der Waals surface area contributed by atoms with Crippen LogP contribution in [-0.2, 0) is 0 Å². The molecule has 1 aliphatic carbocycles. The molecule has 0 radical (unpaired) electrons. The Hall–Kier alpha value is -0.120. The minimum Gasteiger partial charge on any atom is -0.304 e. The molecular weight excluding hydrogens is 222 g/mol. The maximum absolute atomic E-state index is 3.85. The summed E-state index contributed by atoms with van der Waals surface area (Å²) in [6.45, 7) is 11.9. The van der Waals surface area contributed by atoms with Crippen LogP contribution in [0.3, 0.4) is 0 Å². The van der Waals surface area contributed by atoms with E-state index in [1.54, 1.807) is 0 Å². The summed E-state index contributed by atoms with van der Waals surface area (Å²) >= 11 is 0. The van der Waals surface area contributed by atoms with Gasteiger partial charge in [0.15, 0.2) is 0 Å². The summed E-state index contributed by atoms with van der Waals surface area (Å²) in [5.41, 5.74) is 3.85. The van der Waals surface area contributed by atoms with Gasteiger partial charge in [0.2, 0.25) is 0 Å². The van der Waals surface area contributed by atoms with Crippen molar-refractivity contribution < 1.29 is 0 Å². The Labute approximate surface area is 113 Å². The van der Waals surface area contributed by atoms with Crippen molar-refractivity contribution in [3.63, 3.8) is 0 Å². The Kier molecular flexibility index (Phi) is 5.05. The number of nitrogens with zero attached hydrogens (tertiary/aromatic N) is 2. The van der Waals surface area contributed by atoms with Gasteiger partial charge < -0.3 is 4.90 Å². The second-order valence-corrected chi connectivity index (χ2v) is 6.85. The maximum atomic E-state index is 3.85. The van der Waals surface area contributed by atoms with Crippen LogP contribution in [0, 0.1) is 17.8 Å². The van der Waals surface area contributed by atoms with Gasteiger partial charge in [0.05, 0.1) is 0 Å². The Balaban J connectivity index is 1.88. The third kappa shape index (κ3) is 3.69. The summed E-state index contributed by atoms with van der Waals surface area (Å²) in [5, 5.41) is 2.47. The largest absolute Gasteiger partial charge is 0.304 e. The highest BCUT2D eigenvalue weighted by atomic mass is 15.5. The van der Waals surface area contributed by atoms with E-state index in [0.717, 1.165) is 17.8 Å². The number of hydrogen-bond donors (Lipinski definition) is 1. The van der Waals surface area contributed by atoms with Crippen LogP contribution in [0.25, 0.3) is 0 Å². The third-order valence-corrected chi connectivity index (χ3v) is 4.87. The first-order valence-corrected chi connectivity index (χ1v) is 7.76. The summed E-state index contributed by atoms with van der Waals surface area (Å²) in [6, 6.07) is 0.706. The molecule has 3 heteroatoms. The molecule has 1 saturated carbocycles. The van der Waals surface area contributed by atoms with Crippen LogP contribution in [0.15, 0.2) is 0 Å². The minimum atomic E-state index is 0.706. The number of hydrogen-bond acceptors (Lipinski definition) is 3. The number of nitrogens with one attached hydrogen (secondary N) is 1. The lowest BCUT2D eigenvalue weighted by Gasteiger charge is -2.42. The van der Waals surface area contributed by atoms with Crippen molar-refractivity contribution in [3.8, 4) is 0 Å². The number of likely N-dealkylation sites (N-methyl/N-ethyl adjacent to an activating group) is 1. The zero-order chi connectivity index (χ0) is 13.1. The van der Waals surface area contributed by atoms with Gasteiger partial charge in [0.1, 0.15) is 0 Å². The number of hydrazine groups is 1. The summed E-state index contributed by atoms with van der Waals surface area (Å²) in [6.07, 6.45) is 4.18. The van der Waals surface area contributed by atoms with Crippen LogP contribution in [0.5, 0.6) is 0 Å². The molecule has 0 amide bonds. The first-order valence-electron chi connectivity index (χ1n) is 7.76. The molecule has 1 N–H and O–H groups in total. The normalized spacial score (nSPS) is 36.2. The van der Waals surface area contributed by atoms with Crippen molar-refractivity contribution in [2.24, 2.45) is 17.8 Å². The van der Waals surface area contributed by atoms with Gasteiger partial charge in [-0.2, -0.15) is 0 Å². The van der Waals surface area contributed by atoms with Crippen molar-refractivity contribution in [2.45, 2.75) is 46.1 Å². The standard InChI is InChI=1S/C15H31N3/c1-12(2)14-6-5-13(3)11-15(14)16-18-9-7-17(4)8-10-18/h12-16H,5-11H2,1-4H3. The Morgan fingerprint density at radius 2 is 1.72 bits per heavy atom. The fraction of sp³-hybridized carbons (Fsp3) is 1.00.